The Bertz CT molecular complexity index is 820. The molecule has 3 aromatic rings. The predicted molar refractivity (Wildman–Crippen MR) is 108 cm³/mol. The summed E-state index contributed by atoms with van der Waals surface area (Å²) in [5, 5.41) is 0. The van der Waals surface area contributed by atoms with Gasteiger partial charge in [-0.15, -0.1) is 0 Å². The van der Waals surface area contributed by atoms with Crippen molar-refractivity contribution in [3.8, 4) is 17.2 Å². The summed E-state index contributed by atoms with van der Waals surface area (Å²) in [4.78, 5) is 0. The number of hydrogen-bond donors (Lipinski definition) is 0. The van der Waals surface area contributed by atoms with Gasteiger partial charge in [0.1, 0.15) is 17.2 Å². The van der Waals surface area contributed by atoms with Gasteiger partial charge in [0.25, 0.3) is 0 Å². The molecule has 3 nitrogen and oxygen atoms in total. The van der Waals surface area contributed by atoms with E-state index in [1.807, 2.05) is 36.4 Å². The van der Waals surface area contributed by atoms with Crippen LogP contribution in [0.1, 0.15) is 28.2 Å². The number of benzene rings is 3. The van der Waals surface area contributed by atoms with Gasteiger partial charge < -0.3 is 14.2 Å². The van der Waals surface area contributed by atoms with Gasteiger partial charge in [-0.05, 0) is 72.0 Å². The van der Waals surface area contributed by atoms with Crippen LogP contribution < -0.4 is 14.2 Å². The van der Waals surface area contributed by atoms with Crippen molar-refractivity contribution in [3.63, 3.8) is 0 Å². The zero-order valence-corrected chi connectivity index (χ0v) is 16.3. The van der Waals surface area contributed by atoms with E-state index in [1.54, 1.807) is 21.3 Å². The van der Waals surface area contributed by atoms with Crippen LogP contribution in [0.2, 0.25) is 0 Å². The molecule has 0 aliphatic heterocycles. The molecule has 3 heteroatoms. The molecular weight excluding hydrogens is 336 g/mol. The lowest BCUT2D eigenvalue weighted by Crippen LogP contribution is -2.08. The molecule has 27 heavy (non-hydrogen) atoms. The third-order valence-electron chi connectivity index (χ3n) is 4.95. The molecule has 0 spiro atoms. The summed E-state index contributed by atoms with van der Waals surface area (Å²) in [6, 6.07) is 23.6. The summed E-state index contributed by atoms with van der Waals surface area (Å²) in [5.74, 6) is 2.78. The van der Waals surface area contributed by atoms with Crippen LogP contribution in [0.15, 0.2) is 60.7 Å². The third kappa shape index (κ3) is 4.25. The van der Waals surface area contributed by atoms with Crippen LogP contribution in [-0.4, -0.2) is 21.3 Å². The molecule has 0 N–H and O–H groups in total. The molecule has 0 amide bonds. The van der Waals surface area contributed by atoms with E-state index in [4.69, 9.17) is 14.2 Å². The fraction of sp³-hybridized carbons (Fsp3) is 0.250. The molecule has 1 radical (unpaired) electrons. The van der Waals surface area contributed by atoms with E-state index in [9.17, 15) is 0 Å². The molecule has 0 bridgehead atoms. The van der Waals surface area contributed by atoms with Crippen LogP contribution in [0, 0.1) is 13.0 Å². The Hall–Kier alpha value is -2.94. The van der Waals surface area contributed by atoms with Gasteiger partial charge in [-0.2, -0.15) is 0 Å². The molecule has 0 heterocycles. The topological polar surface area (TPSA) is 27.7 Å². The molecule has 0 aliphatic carbocycles. The first kappa shape index (κ1) is 18.8. The lowest BCUT2D eigenvalue weighted by atomic mass is 9.84. The quantitative estimate of drug-likeness (QED) is 0.579. The molecule has 0 fully saturated rings. The maximum Gasteiger partial charge on any atom is 0.122 e. The standard InChI is InChI=1S/C24H25O3/c1-17-6-5-7-24(27-4)22(17)16-23(18-8-12-20(25-2)13-9-18)19-10-14-21(26-3)15-11-19/h6-15,23H,16H2,1-4H3. The summed E-state index contributed by atoms with van der Waals surface area (Å²) in [6.45, 7) is 2.10. The van der Waals surface area contributed by atoms with Gasteiger partial charge in [-0.1, -0.05) is 30.3 Å². The number of hydrogen-bond acceptors (Lipinski definition) is 3. The van der Waals surface area contributed by atoms with Crippen molar-refractivity contribution in [2.24, 2.45) is 0 Å². The Morgan fingerprint density at radius 1 is 0.741 bits per heavy atom. The number of rotatable bonds is 7. The van der Waals surface area contributed by atoms with Crippen LogP contribution in [0.3, 0.4) is 0 Å². The monoisotopic (exact) mass is 361 g/mol. The van der Waals surface area contributed by atoms with Crippen LogP contribution >= 0.6 is 0 Å². The number of methoxy groups -OCH3 is 3. The third-order valence-corrected chi connectivity index (χ3v) is 4.95. The summed E-state index contributed by atoms with van der Waals surface area (Å²) in [6.07, 6.45) is 0.836. The zero-order valence-electron chi connectivity index (χ0n) is 16.3. The molecule has 0 atom stereocenters. The molecular formula is C24H25O3. The Morgan fingerprint density at radius 3 is 1.70 bits per heavy atom. The average Bonchev–Trinajstić information content (AvgIpc) is 2.73. The fourth-order valence-electron chi connectivity index (χ4n) is 3.36. The number of aryl methyl sites for hydroxylation is 1. The zero-order chi connectivity index (χ0) is 19.2. The van der Waals surface area contributed by atoms with Gasteiger partial charge in [-0.3, -0.25) is 0 Å². The smallest absolute Gasteiger partial charge is 0.122 e. The van der Waals surface area contributed by atoms with E-state index in [0.29, 0.717) is 0 Å². The van der Waals surface area contributed by atoms with E-state index in [1.165, 1.54) is 22.3 Å². The molecule has 3 rings (SSSR count). The van der Waals surface area contributed by atoms with E-state index in [2.05, 4.69) is 37.3 Å². The van der Waals surface area contributed by atoms with Gasteiger partial charge in [0.05, 0.1) is 21.3 Å². The van der Waals surface area contributed by atoms with Crippen LogP contribution in [0.4, 0.5) is 0 Å². The minimum Gasteiger partial charge on any atom is -0.497 e. The van der Waals surface area contributed by atoms with Crippen LogP contribution in [0.25, 0.3) is 0 Å². The maximum atomic E-state index is 5.60. The SMILES string of the molecule is COc1ccc(C(Cc2c(C)c[c]cc2OC)c2ccc(OC)cc2)cc1. The van der Waals surface area contributed by atoms with Crippen molar-refractivity contribution >= 4 is 0 Å². The summed E-state index contributed by atoms with van der Waals surface area (Å²) >= 11 is 0. The first-order valence-electron chi connectivity index (χ1n) is 8.97. The van der Waals surface area contributed by atoms with Crippen molar-refractivity contribution < 1.29 is 14.2 Å². The molecule has 0 aromatic heterocycles. The first-order valence-corrected chi connectivity index (χ1v) is 8.97. The second-order valence-electron chi connectivity index (χ2n) is 6.49. The molecule has 0 unspecified atom stereocenters. The fourth-order valence-corrected chi connectivity index (χ4v) is 3.36. The minimum atomic E-state index is 0.191. The van der Waals surface area contributed by atoms with E-state index in [0.717, 1.165) is 23.7 Å². The summed E-state index contributed by atoms with van der Waals surface area (Å²) < 4.78 is 16.2. The normalized spacial score (nSPS) is 10.7. The van der Waals surface area contributed by atoms with Crippen molar-refractivity contribution in [3.05, 3.63) is 89.0 Å². The van der Waals surface area contributed by atoms with E-state index >= 15 is 0 Å². The Kier molecular flexibility index (Phi) is 6.02. The van der Waals surface area contributed by atoms with E-state index in [-0.39, 0.29) is 5.92 Å². The minimum absolute atomic E-state index is 0.191. The van der Waals surface area contributed by atoms with Crippen LogP contribution in [-0.2, 0) is 6.42 Å². The van der Waals surface area contributed by atoms with Gasteiger partial charge in [-0.25, -0.2) is 0 Å². The van der Waals surface area contributed by atoms with Crippen molar-refractivity contribution in [2.75, 3.05) is 21.3 Å². The second-order valence-corrected chi connectivity index (χ2v) is 6.49. The largest absolute Gasteiger partial charge is 0.497 e. The number of ether oxygens (including phenoxy) is 3. The lowest BCUT2D eigenvalue weighted by molar-refractivity contribution is 0.408. The molecule has 0 aliphatic rings. The molecule has 0 saturated heterocycles. The highest BCUT2D eigenvalue weighted by atomic mass is 16.5. The van der Waals surface area contributed by atoms with Gasteiger partial charge in [0.15, 0.2) is 0 Å². The second kappa shape index (κ2) is 8.63. The maximum absolute atomic E-state index is 5.60. The van der Waals surface area contributed by atoms with Crippen molar-refractivity contribution in [1.29, 1.82) is 0 Å². The van der Waals surface area contributed by atoms with Crippen molar-refractivity contribution in [2.45, 2.75) is 19.3 Å². The highest BCUT2D eigenvalue weighted by molar-refractivity contribution is 5.45. The van der Waals surface area contributed by atoms with E-state index < -0.39 is 0 Å². The van der Waals surface area contributed by atoms with Crippen LogP contribution in [0.5, 0.6) is 17.2 Å². The summed E-state index contributed by atoms with van der Waals surface area (Å²) in [5.41, 5.74) is 4.85. The Balaban J connectivity index is 2.03. The summed E-state index contributed by atoms with van der Waals surface area (Å²) in [7, 11) is 5.08. The lowest BCUT2D eigenvalue weighted by Gasteiger charge is -2.21. The first-order chi connectivity index (χ1) is 13.2. The highest BCUT2D eigenvalue weighted by Crippen LogP contribution is 2.34. The predicted octanol–water partition coefficient (Wildman–Crippen LogP) is 5.20. The molecule has 3 aromatic carbocycles. The van der Waals surface area contributed by atoms with Gasteiger partial charge >= 0.3 is 0 Å². The Morgan fingerprint density at radius 2 is 1.26 bits per heavy atom. The molecule has 0 saturated carbocycles. The average molecular weight is 361 g/mol. The molecule has 139 valence electrons. The van der Waals surface area contributed by atoms with Gasteiger partial charge in [0, 0.05) is 5.92 Å². The highest BCUT2D eigenvalue weighted by Gasteiger charge is 2.19. The van der Waals surface area contributed by atoms with Gasteiger partial charge in [0.2, 0.25) is 0 Å². The Labute approximate surface area is 161 Å². The van der Waals surface area contributed by atoms with Crippen molar-refractivity contribution in [1.82, 2.24) is 0 Å².